The van der Waals surface area contributed by atoms with Crippen LogP contribution in [0.1, 0.15) is 39.0 Å². The summed E-state index contributed by atoms with van der Waals surface area (Å²) in [6, 6.07) is 0.506. The maximum absolute atomic E-state index is 11.7. The highest BCUT2D eigenvalue weighted by atomic mass is 16.1. The van der Waals surface area contributed by atoms with Gasteiger partial charge in [-0.3, -0.25) is 4.79 Å². The average molecular weight is 210 g/mol. The number of nitrogens with one attached hydrogen (secondary N) is 2. The van der Waals surface area contributed by atoms with Gasteiger partial charge in [0.1, 0.15) is 0 Å². The lowest BCUT2D eigenvalue weighted by atomic mass is 10.0. The molecule has 0 aromatic heterocycles. The number of hydrogen-bond donors (Lipinski definition) is 2. The Bertz CT molecular complexity index is 224. The average Bonchev–Trinajstić information content (AvgIpc) is 2.73. The first-order valence-electron chi connectivity index (χ1n) is 6.29. The highest BCUT2D eigenvalue weighted by Crippen LogP contribution is 2.34. The summed E-state index contributed by atoms with van der Waals surface area (Å²) in [7, 11) is 0. The van der Waals surface area contributed by atoms with Gasteiger partial charge in [-0.1, -0.05) is 13.3 Å². The molecule has 0 aromatic rings. The molecule has 2 aliphatic rings. The van der Waals surface area contributed by atoms with Crippen LogP contribution in [-0.2, 0) is 4.79 Å². The molecule has 1 aliphatic heterocycles. The van der Waals surface area contributed by atoms with E-state index in [9.17, 15) is 4.79 Å². The first-order chi connectivity index (χ1) is 7.29. The summed E-state index contributed by atoms with van der Waals surface area (Å²) in [6.07, 6.45) is 5.61. The van der Waals surface area contributed by atoms with Gasteiger partial charge >= 0.3 is 0 Å². The van der Waals surface area contributed by atoms with Gasteiger partial charge in [0, 0.05) is 12.5 Å². The first kappa shape index (κ1) is 10.9. The number of rotatable bonds is 5. The second-order valence-corrected chi connectivity index (χ2v) is 5.02. The van der Waals surface area contributed by atoms with E-state index >= 15 is 0 Å². The first-order valence-corrected chi connectivity index (χ1v) is 6.29. The molecule has 1 amide bonds. The molecule has 0 spiro atoms. The van der Waals surface area contributed by atoms with Gasteiger partial charge in [0.2, 0.25) is 5.91 Å². The molecule has 3 atom stereocenters. The Balaban J connectivity index is 1.61. The van der Waals surface area contributed by atoms with Crippen LogP contribution < -0.4 is 10.6 Å². The van der Waals surface area contributed by atoms with Crippen LogP contribution in [0.5, 0.6) is 0 Å². The predicted molar refractivity (Wildman–Crippen MR) is 60.5 cm³/mol. The molecule has 0 bridgehead atoms. The maximum atomic E-state index is 11.7. The fraction of sp³-hybridized carbons (Fsp3) is 0.917. The van der Waals surface area contributed by atoms with Gasteiger partial charge in [-0.25, -0.2) is 0 Å². The van der Waals surface area contributed by atoms with Crippen molar-refractivity contribution in [1.82, 2.24) is 10.6 Å². The Hall–Kier alpha value is -0.570. The zero-order chi connectivity index (χ0) is 10.7. The van der Waals surface area contributed by atoms with E-state index in [2.05, 4.69) is 17.6 Å². The van der Waals surface area contributed by atoms with E-state index in [1.165, 1.54) is 19.3 Å². The van der Waals surface area contributed by atoms with Crippen molar-refractivity contribution >= 4 is 5.91 Å². The van der Waals surface area contributed by atoms with Crippen LogP contribution in [0.2, 0.25) is 0 Å². The quantitative estimate of drug-likeness (QED) is 0.718. The van der Waals surface area contributed by atoms with Gasteiger partial charge < -0.3 is 10.6 Å². The summed E-state index contributed by atoms with van der Waals surface area (Å²) < 4.78 is 0. The Morgan fingerprint density at radius 3 is 3.07 bits per heavy atom. The topological polar surface area (TPSA) is 41.1 Å². The van der Waals surface area contributed by atoms with E-state index in [0.717, 1.165) is 31.8 Å². The fourth-order valence-electron chi connectivity index (χ4n) is 2.53. The van der Waals surface area contributed by atoms with Crippen molar-refractivity contribution in [1.29, 1.82) is 0 Å². The highest BCUT2D eigenvalue weighted by molar-refractivity contribution is 5.77. The Morgan fingerprint density at radius 2 is 2.40 bits per heavy atom. The van der Waals surface area contributed by atoms with Crippen molar-refractivity contribution in [3.8, 4) is 0 Å². The standard InChI is InChI=1S/C12H22N2O/c1-2-3-10-7-11(10)14-12(15)6-9-4-5-13-8-9/h9-11,13H,2-8H2,1H3,(H,14,15). The Labute approximate surface area is 92.0 Å². The lowest BCUT2D eigenvalue weighted by molar-refractivity contribution is -0.122. The summed E-state index contributed by atoms with van der Waals surface area (Å²) in [5.41, 5.74) is 0. The summed E-state index contributed by atoms with van der Waals surface area (Å²) in [5, 5.41) is 6.44. The largest absolute Gasteiger partial charge is 0.353 e. The molecule has 1 saturated heterocycles. The van der Waals surface area contributed by atoms with Gasteiger partial charge in [0.15, 0.2) is 0 Å². The summed E-state index contributed by atoms with van der Waals surface area (Å²) in [6.45, 7) is 4.32. The minimum absolute atomic E-state index is 0.271. The van der Waals surface area contributed by atoms with Crippen molar-refractivity contribution in [3.63, 3.8) is 0 Å². The third-order valence-corrected chi connectivity index (χ3v) is 3.56. The number of hydrogen-bond acceptors (Lipinski definition) is 2. The van der Waals surface area contributed by atoms with Crippen LogP contribution >= 0.6 is 0 Å². The molecule has 2 N–H and O–H groups in total. The van der Waals surface area contributed by atoms with Gasteiger partial charge in [-0.05, 0) is 44.2 Å². The van der Waals surface area contributed by atoms with Gasteiger partial charge in [-0.2, -0.15) is 0 Å². The molecule has 1 heterocycles. The lowest BCUT2D eigenvalue weighted by Gasteiger charge is -2.08. The minimum Gasteiger partial charge on any atom is -0.353 e. The normalized spacial score (nSPS) is 34.1. The van der Waals surface area contributed by atoms with E-state index in [-0.39, 0.29) is 5.91 Å². The van der Waals surface area contributed by atoms with E-state index < -0.39 is 0 Å². The molecule has 1 saturated carbocycles. The number of carbonyl (C=O) groups is 1. The minimum atomic E-state index is 0.271. The SMILES string of the molecule is CCCC1CC1NC(=O)CC1CCNC1. The van der Waals surface area contributed by atoms with Gasteiger partial charge in [0.25, 0.3) is 0 Å². The third-order valence-electron chi connectivity index (χ3n) is 3.56. The van der Waals surface area contributed by atoms with Crippen LogP contribution in [-0.4, -0.2) is 25.0 Å². The second-order valence-electron chi connectivity index (χ2n) is 5.02. The van der Waals surface area contributed by atoms with Crippen LogP contribution in [0.3, 0.4) is 0 Å². The van der Waals surface area contributed by atoms with Crippen molar-refractivity contribution < 1.29 is 4.79 Å². The second kappa shape index (κ2) is 4.97. The summed E-state index contributed by atoms with van der Waals surface area (Å²) in [5.74, 6) is 1.63. The van der Waals surface area contributed by atoms with E-state index in [4.69, 9.17) is 0 Å². The molecule has 2 fully saturated rings. The van der Waals surface area contributed by atoms with Crippen LogP contribution in [0.4, 0.5) is 0 Å². The number of amides is 1. The highest BCUT2D eigenvalue weighted by Gasteiger charge is 2.37. The van der Waals surface area contributed by atoms with Crippen LogP contribution in [0, 0.1) is 11.8 Å². The van der Waals surface area contributed by atoms with Crippen molar-refractivity contribution in [2.45, 2.75) is 45.1 Å². The van der Waals surface area contributed by atoms with E-state index in [0.29, 0.717) is 12.0 Å². The van der Waals surface area contributed by atoms with E-state index in [1.54, 1.807) is 0 Å². The molecule has 2 rings (SSSR count). The van der Waals surface area contributed by atoms with E-state index in [1.807, 2.05) is 0 Å². The lowest BCUT2D eigenvalue weighted by Crippen LogP contribution is -2.29. The maximum Gasteiger partial charge on any atom is 0.220 e. The zero-order valence-electron chi connectivity index (χ0n) is 9.59. The fourth-order valence-corrected chi connectivity index (χ4v) is 2.53. The monoisotopic (exact) mass is 210 g/mol. The molecular weight excluding hydrogens is 188 g/mol. The van der Waals surface area contributed by atoms with Crippen LogP contribution in [0.15, 0.2) is 0 Å². The summed E-state index contributed by atoms with van der Waals surface area (Å²) >= 11 is 0. The molecule has 3 heteroatoms. The smallest absolute Gasteiger partial charge is 0.220 e. The van der Waals surface area contributed by atoms with Crippen molar-refractivity contribution in [2.24, 2.45) is 11.8 Å². The molecule has 0 aromatic carbocycles. The zero-order valence-corrected chi connectivity index (χ0v) is 9.59. The molecular formula is C12H22N2O. The molecule has 15 heavy (non-hydrogen) atoms. The third kappa shape index (κ3) is 3.20. The molecule has 86 valence electrons. The van der Waals surface area contributed by atoms with Gasteiger partial charge in [-0.15, -0.1) is 0 Å². The number of carbonyl (C=O) groups excluding carboxylic acids is 1. The molecule has 3 unspecified atom stereocenters. The van der Waals surface area contributed by atoms with Crippen molar-refractivity contribution in [2.75, 3.05) is 13.1 Å². The van der Waals surface area contributed by atoms with Crippen LogP contribution in [0.25, 0.3) is 0 Å². The molecule has 0 radical (unpaired) electrons. The van der Waals surface area contributed by atoms with Gasteiger partial charge in [0.05, 0.1) is 0 Å². The Kier molecular flexibility index (Phi) is 3.62. The molecule has 1 aliphatic carbocycles. The Morgan fingerprint density at radius 1 is 1.53 bits per heavy atom. The summed E-state index contributed by atoms with van der Waals surface area (Å²) in [4.78, 5) is 11.7. The molecule has 3 nitrogen and oxygen atoms in total. The predicted octanol–water partition coefficient (Wildman–Crippen LogP) is 1.29. The van der Waals surface area contributed by atoms with Crippen molar-refractivity contribution in [3.05, 3.63) is 0 Å².